The molecule has 0 spiro atoms. The smallest absolute Gasteiger partial charge is 0.324 e. The van der Waals surface area contributed by atoms with Gasteiger partial charge in [-0.3, -0.25) is 10.1 Å². The average molecular weight is 301 g/mol. The molecule has 1 aromatic rings. The lowest BCUT2D eigenvalue weighted by molar-refractivity contribution is -0.156. The molecule has 0 amide bonds. The summed E-state index contributed by atoms with van der Waals surface area (Å²) < 4.78 is 32.1. The monoisotopic (exact) mass is 301 g/mol. The number of esters is 1. The maximum atomic E-state index is 13.7. The number of hydrogen-bond acceptors (Lipinski definition) is 4. The number of halogens is 2. The minimum atomic E-state index is -0.564. The first-order valence-electron chi connectivity index (χ1n) is 6.32. The van der Waals surface area contributed by atoms with Crippen molar-refractivity contribution in [2.24, 2.45) is 0 Å². The van der Waals surface area contributed by atoms with Crippen LogP contribution < -0.4 is 5.32 Å². The first-order chi connectivity index (χ1) is 9.26. The van der Waals surface area contributed by atoms with Crippen molar-refractivity contribution in [1.82, 2.24) is 5.32 Å². The van der Waals surface area contributed by atoms with Gasteiger partial charge in [-0.05, 0) is 39.0 Å². The Labute approximate surface area is 121 Å². The SMILES string of the molecule is CC(C)(C)OC(=O)[C@H]1CSC(c2cc(F)ccc2F)N1. The molecule has 1 aromatic carbocycles. The summed E-state index contributed by atoms with van der Waals surface area (Å²) in [4.78, 5) is 11.9. The highest BCUT2D eigenvalue weighted by Gasteiger charge is 2.34. The molecule has 1 fully saturated rings. The van der Waals surface area contributed by atoms with Gasteiger partial charge in [0.05, 0.1) is 5.37 Å². The standard InChI is InChI=1S/C14H17F2NO2S/c1-14(2,3)19-13(18)11-7-20-12(17-11)9-6-8(15)4-5-10(9)16/h4-6,11-12,17H,7H2,1-3H3/t11-,12?/m1/s1. The maximum Gasteiger partial charge on any atom is 0.324 e. The van der Waals surface area contributed by atoms with E-state index in [0.717, 1.165) is 18.2 Å². The lowest BCUT2D eigenvalue weighted by Gasteiger charge is -2.22. The minimum absolute atomic E-state index is 0.223. The third-order valence-electron chi connectivity index (χ3n) is 2.71. The van der Waals surface area contributed by atoms with Crippen molar-refractivity contribution < 1.29 is 18.3 Å². The molecule has 1 saturated heterocycles. The third kappa shape index (κ3) is 3.70. The van der Waals surface area contributed by atoms with Gasteiger partial charge in [0.25, 0.3) is 0 Å². The summed E-state index contributed by atoms with van der Waals surface area (Å²) in [6, 6.07) is 2.81. The predicted octanol–water partition coefficient (Wildman–Crippen LogP) is 3.01. The number of rotatable bonds is 2. The molecule has 1 aliphatic rings. The van der Waals surface area contributed by atoms with E-state index in [1.165, 1.54) is 11.8 Å². The summed E-state index contributed by atoms with van der Waals surface area (Å²) in [5.74, 6) is -0.884. The minimum Gasteiger partial charge on any atom is -0.459 e. The van der Waals surface area contributed by atoms with Gasteiger partial charge in [-0.2, -0.15) is 0 Å². The second kappa shape index (κ2) is 5.69. The van der Waals surface area contributed by atoms with Crippen LogP contribution in [-0.4, -0.2) is 23.4 Å². The summed E-state index contributed by atoms with van der Waals surface area (Å²) in [6.45, 7) is 5.37. The molecule has 6 heteroatoms. The molecule has 1 unspecified atom stereocenters. The normalized spacial score (nSPS) is 22.9. The molecule has 3 nitrogen and oxygen atoms in total. The van der Waals surface area contributed by atoms with Crippen LogP contribution in [0, 0.1) is 11.6 Å². The fourth-order valence-corrected chi connectivity index (χ4v) is 3.11. The van der Waals surface area contributed by atoms with Gasteiger partial charge in [0.2, 0.25) is 0 Å². The molecular weight excluding hydrogens is 284 g/mol. The van der Waals surface area contributed by atoms with Gasteiger partial charge in [-0.1, -0.05) is 0 Å². The summed E-state index contributed by atoms with van der Waals surface area (Å²) in [5.41, 5.74) is -0.341. The largest absolute Gasteiger partial charge is 0.459 e. The Morgan fingerprint density at radius 3 is 2.75 bits per heavy atom. The highest BCUT2D eigenvalue weighted by atomic mass is 32.2. The fourth-order valence-electron chi connectivity index (χ4n) is 1.88. The maximum absolute atomic E-state index is 13.7. The lowest BCUT2D eigenvalue weighted by Crippen LogP contribution is -2.39. The summed E-state index contributed by atoms with van der Waals surface area (Å²) in [5, 5.41) is 2.54. The molecule has 1 aliphatic heterocycles. The van der Waals surface area contributed by atoms with E-state index in [-0.39, 0.29) is 11.5 Å². The number of carbonyl (C=O) groups is 1. The predicted molar refractivity (Wildman–Crippen MR) is 74.3 cm³/mol. The second-order valence-corrected chi connectivity index (χ2v) is 6.77. The van der Waals surface area contributed by atoms with Crippen molar-refractivity contribution >= 4 is 17.7 Å². The van der Waals surface area contributed by atoms with Crippen molar-refractivity contribution in [1.29, 1.82) is 0 Å². The summed E-state index contributed by atoms with van der Waals surface area (Å²) in [7, 11) is 0. The molecular formula is C14H17F2NO2S. The van der Waals surface area contributed by atoms with Crippen LogP contribution in [-0.2, 0) is 9.53 Å². The van der Waals surface area contributed by atoms with Gasteiger partial charge in [-0.25, -0.2) is 8.78 Å². The number of benzene rings is 1. The van der Waals surface area contributed by atoms with Gasteiger partial charge in [0, 0.05) is 11.3 Å². The van der Waals surface area contributed by atoms with Crippen LogP contribution in [0.3, 0.4) is 0 Å². The number of carbonyl (C=O) groups excluding carboxylic acids is 1. The van der Waals surface area contributed by atoms with E-state index in [2.05, 4.69) is 5.32 Å². The zero-order valence-electron chi connectivity index (χ0n) is 11.6. The van der Waals surface area contributed by atoms with E-state index < -0.39 is 28.7 Å². The summed E-state index contributed by atoms with van der Waals surface area (Å²) in [6.07, 6.45) is 0. The zero-order chi connectivity index (χ0) is 14.9. The fraction of sp³-hybridized carbons (Fsp3) is 0.500. The van der Waals surface area contributed by atoms with Crippen molar-refractivity contribution in [3.05, 3.63) is 35.4 Å². The van der Waals surface area contributed by atoms with Crippen molar-refractivity contribution in [3.8, 4) is 0 Å². The van der Waals surface area contributed by atoms with E-state index in [4.69, 9.17) is 4.74 Å². The van der Waals surface area contributed by atoms with Crippen molar-refractivity contribution in [2.75, 3.05) is 5.75 Å². The number of hydrogen-bond donors (Lipinski definition) is 1. The second-order valence-electron chi connectivity index (χ2n) is 5.63. The van der Waals surface area contributed by atoms with Crippen molar-refractivity contribution in [3.63, 3.8) is 0 Å². The van der Waals surface area contributed by atoms with Crippen molar-refractivity contribution in [2.45, 2.75) is 37.8 Å². The van der Waals surface area contributed by atoms with Gasteiger partial charge in [-0.15, -0.1) is 11.8 Å². The van der Waals surface area contributed by atoms with Crippen LogP contribution in [0.4, 0.5) is 8.78 Å². The highest BCUT2D eigenvalue weighted by Crippen LogP contribution is 2.35. The van der Waals surface area contributed by atoms with Crippen LogP contribution >= 0.6 is 11.8 Å². The van der Waals surface area contributed by atoms with E-state index in [1.807, 2.05) is 0 Å². The Bertz CT molecular complexity index is 516. The molecule has 0 aliphatic carbocycles. The summed E-state index contributed by atoms with van der Waals surface area (Å²) >= 11 is 1.36. The van der Waals surface area contributed by atoms with Crippen LogP contribution in [0.1, 0.15) is 31.7 Å². The van der Waals surface area contributed by atoms with E-state index in [9.17, 15) is 13.6 Å². The molecule has 0 aromatic heterocycles. The van der Waals surface area contributed by atoms with Gasteiger partial charge >= 0.3 is 5.97 Å². The Kier molecular flexibility index (Phi) is 4.34. The Morgan fingerprint density at radius 1 is 1.40 bits per heavy atom. The molecule has 110 valence electrons. The molecule has 0 radical (unpaired) electrons. The Morgan fingerprint density at radius 2 is 2.10 bits per heavy atom. The average Bonchev–Trinajstić information content (AvgIpc) is 2.79. The van der Waals surface area contributed by atoms with E-state index >= 15 is 0 Å². The first kappa shape index (κ1) is 15.3. The van der Waals surface area contributed by atoms with Crippen LogP contribution in [0.15, 0.2) is 18.2 Å². The zero-order valence-corrected chi connectivity index (χ0v) is 12.4. The molecule has 2 atom stereocenters. The van der Waals surface area contributed by atoms with Crippen LogP contribution in [0.5, 0.6) is 0 Å². The lowest BCUT2D eigenvalue weighted by atomic mass is 10.1. The quantitative estimate of drug-likeness (QED) is 0.852. The Hall–Kier alpha value is -1.14. The first-order valence-corrected chi connectivity index (χ1v) is 7.36. The highest BCUT2D eigenvalue weighted by molar-refractivity contribution is 7.99. The van der Waals surface area contributed by atoms with E-state index in [0.29, 0.717) is 5.75 Å². The van der Waals surface area contributed by atoms with Crippen LogP contribution in [0.25, 0.3) is 0 Å². The molecule has 1 heterocycles. The number of thioether (sulfide) groups is 1. The number of ether oxygens (including phenoxy) is 1. The molecule has 1 N–H and O–H groups in total. The van der Waals surface area contributed by atoms with E-state index in [1.54, 1.807) is 20.8 Å². The molecule has 20 heavy (non-hydrogen) atoms. The van der Waals surface area contributed by atoms with Crippen LogP contribution in [0.2, 0.25) is 0 Å². The number of nitrogens with one attached hydrogen (secondary N) is 1. The topological polar surface area (TPSA) is 38.3 Å². The Balaban J connectivity index is 2.05. The van der Waals surface area contributed by atoms with Gasteiger partial charge in [0.1, 0.15) is 23.3 Å². The van der Waals surface area contributed by atoms with Gasteiger partial charge in [0.15, 0.2) is 0 Å². The molecule has 0 saturated carbocycles. The molecule has 2 rings (SSSR count). The molecule has 0 bridgehead atoms. The third-order valence-corrected chi connectivity index (χ3v) is 3.96. The van der Waals surface area contributed by atoms with Gasteiger partial charge < -0.3 is 4.74 Å².